The second-order valence-corrected chi connectivity index (χ2v) is 14.2. The van der Waals surface area contributed by atoms with Gasteiger partial charge in [-0.15, -0.1) is 0 Å². The molecule has 1 amide bonds. The van der Waals surface area contributed by atoms with E-state index in [9.17, 15) is 36.3 Å². The highest BCUT2D eigenvalue weighted by Crippen LogP contribution is 2.65. The molecule has 11 nitrogen and oxygen atoms in total. The number of hydrogen-bond acceptors (Lipinski definition) is 6. The van der Waals surface area contributed by atoms with E-state index in [1.54, 1.807) is 0 Å². The average Bonchev–Trinajstić information content (AvgIpc) is 3.21. The van der Waals surface area contributed by atoms with Crippen molar-refractivity contribution in [3.8, 4) is 0 Å². The SMILES string of the molecule is CC1(C)[C@@H]2CC[C@@]1(C)C(NC(=O)[C@H](CC1CCCCC1)NS(=O)(=O)N[C@@H](CCCCN)C(=O)O)C2.O=C(O)C(F)(F)F. The van der Waals surface area contributed by atoms with Gasteiger partial charge in [-0.3, -0.25) is 9.59 Å². The standard InChI is InChI=1S/C25H46N4O5S.C2HF3O2/c1-24(2)18-12-13-25(24,3)21(16-18)27-22(30)20(15-17-9-5-4-6-10-17)29-35(33,34)28-19(23(31)32)11-7-8-14-26;3-2(4,5)1(6)7/h17-21,28-29H,4-16,26H2,1-3H3,(H,27,30)(H,31,32);(H,6,7)/t18-,19+,20+,21?,25+;/m1./s1. The number of hydrogen-bond donors (Lipinski definition) is 6. The highest BCUT2D eigenvalue weighted by molar-refractivity contribution is 7.87. The summed E-state index contributed by atoms with van der Waals surface area (Å²) in [6.45, 7) is 7.21. The number of amides is 1. The molecule has 0 aromatic rings. The molecule has 3 fully saturated rings. The van der Waals surface area contributed by atoms with Crippen LogP contribution >= 0.6 is 0 Å². The zero-order valence-electron chi connectivity index (χ0n) is 24.6. The van der Waals surface area contributed by atoms with Crippen molar-refractivity contribution in [3.63, 3.8) is 0 Å². The van der Waals surface area contributed by atoms with Gasteiger partial charge >= 0.3 is 18.1 Å². The van der Waals surface area contributed by atoms with Crippen LogP contribution in [0.3, 0.4) is 0 Å². The van der Waals surface area contributed by atoms with Crippen molar-refractivity contribution in [3.05, 3.63) is 0 Å². The third kappa shape index (κ3) is 9.52. The molecule has 42 heavy (non-hydrogen) atoms. The lowest BCUT2D eigenvalue weighted by molar-refractivity contribution is -0.192. The molecule has 1 unspecified atom stereocenters. The summed E-state index contributed by atoms with van der Waals surface area (Å²) in [6, 6.07) is -2.18. The van der Waals surface area contributed by atoms with Crippen molar-refractivity contribution in [1.29, 1.82) is 0 Å². The summed E-state index contributed by atoms with van der Waals surface area (Å²) in [5.41, 5.74) is 5.59. The Kier molecular flexibility index (Phi) is 12.7. The Bertz CT molecular complexity index is 1050. The first-order valence-electron chi connectivity index (χ1n) is 14.7. The second-order valence-electron chi connectivity index (χ2n) is 12.7. The molecule has 3 rings (SSSR count). The lowest BCUT2D eigenvalue weighted by atomic mass is 9.69. The summed E-state index contributed by atoms with van der Waals surface area (Å²) in [6.07, 6.45) is 5.03. The number of aliphatic carboxylic acids is 2. The van der Waals surface area contributed by atoms with Crippen LogP contribution in [0.1, 0.15) is 97.8 Å². The Morgan fingerprint density at radius 1 is 0.976 bits per heavy atom. The summed E-state index contributed by atoms with van der Waals surface area (Å²) < 4.78 is 62.5. The van der Waals surface area contributed by atoms with Gasteiger partial charge < -0.3 is 21.3 Å². The van der Waals surface area contributed by atoms with Gasteiger partial charge in [0.05, 0.1) is 0 Å². The molecule has 0 aromatic heterocycles. The maximum atomic E-state index is 13.5. The smallest absolute Gasteiger partial charge is 0.480 e. The van der Waals surface area contributed by atoms with Crippen LogP contribution < -0.4 is 20.5 Å². The van der Waals surface area contributed by atoms with Crippen molar-refractivity contribution in [1.82, 2.24) is 14.8 Å². The monoisotopic (exact) mass is 628 g/mol. The summed E-state index contributed by atoms with van der Waals surface area (Å²) in [4.78, 5) is 34.1. The van der Waals surface area contributed by atoms with E-state index in [4.69, 9.17) is 15.6 Å². The van der Waals surface area contributed by atoms with E-state index in [2.05, 4.69) is 35.5 Å². The molecule has 3 saturated carbocycles. The number of rotatable bonds is 13. The average molecular weight is 629 g/mol. The van der Waals surface area contributed by atoms with Gasteiger partial charge in [0.25, 0.3) is 10.2 Å². The zero-order valence-corrected chi connectivity index (χ0v) is 25.5. The fourth-order valence-electron chi connectivity index (χ4n) is 6.79. The van der Waals surface area contributed by atoms with Crippen LogP contribution in [0.5, 0.6) is 0 Å². The van der Waals surface area contributed by atoms with Gasteiger partial charge in [-0.2, -0.15) is 31.0 Å². The molecule has 0 aliphatic heterocycles. The Labute approximate surface area is 246 Å². The third-order valence-electron chi connectivity index (χ3n) is 9.80. The minimum Gasteiger partial charge on any atom is -0.480 e. The minimum atomic E-state index is -5.08. The van der Waals surface area contributed by atoms with Gasteiger partial charge in [0.15, 0.2) is 0 Å². The lowest BCUT2D eigenvalue weighted by Crippen LogP contribution is -2.57. The summed E-state index contributed by atoms with van der Waals surface area (Å²) in [5.74, 6) is -3.47. The molecular formula is C27H47F3N4O7S. The molecule has 5 atom stereocenters. The molecular weight excluding hydrogens is 581 g/mol. The first kappa shape index (κ1) is 36.2. The summed E-state index contributed by atoms with van der Waals surface area (Å²) >= 11 is 0. The molecule has 3 aliphatic carbocycles. The molecule has 2 bridgehead atoms. The molecule has 7 N–H and O–H groups in total. The van der Waals surface area contributed by atoms with Crippen LogP contribution in [0.2, 0.25) is 0 Å². The predicted molar refractivity (Wildman–Crippen MR) is 149 cm³/mol. The van der Waals surface area contributed by atoms with Crippen molar-refractivity contribution in [2.75, 3.05) is 6.54 Å². The Hall–Kier alpha value is -1.97. The number of nitrogens with two attached hydrogens (primary N) is 1. The summed E-state index contributed by atoms with van der Waals surface area (Å²) in [5, 5.41) is 19.8. The van der Waals surface area contributed by atoms with E-state index in [1.807, 2.05) is 0 Å². The maximum Gasteiger partial charge on any atom is 0.490 e. The Morgan fingerprint density at radius 2 is 1.55 bits per heavy atom. The van der Waals surface area contributed by atoms with Crippen LogP contribution in [0.25, 0.3) is 0 Å². The molecule has 0 radical (unpaired) electrons. The largest absolute Gasteiger partial charge is 0.490 e. The van der Waals surface area contributed by atoms with E-state index in [1.165, 1.54) is 12.8 Å². The van der Waals surface area contributed by atoms with Gasteiger partial charge in [0.1, 0.15) is 12.1 Å². The number of alkyl halides is 3. The van der Waals surface area contributed by atoms with Crippen LogP contribution in [0.15, 0.2) is 0 Å². The van der Waals surface area contributed by atoms with Crippen LogP contribution in [-0.2, 0) is 24.6 Å². The molecule has 0 spiro atoms. The fraction of sp³-hybridized carbons (Fsp3) is 0.889. The molecule has 0 heterocycles. The van der Waals surface area contributed by atoms with Crippen molar-refractivity contribution in [2.24, 2.45) is 28.4 Å². The molecule has 244 valence electrons. The fourth-order valence-corrected chi connectivity index (χ4v) is 8.03. The van der Waals surface area contributed by atoms with Gasteiger partial charge in [-0.25, -0.2) is 4.79 Å². The number of carbonyl (C=O) groups excluding carboxylic acids is 1. The van der Waals surface area contributed by atoms with Crippen LogP contribution in [0, 0.1) is 22.7 Å². The first-order valence-corrected chi connectivity index (χ1v) is 16.1. The van der Waals surface area contributed by atoms with Gasteiger partial charge in [0, 0.05) is 6.04 Å². The topological polar surface area (TPSA) is 188 Å². The van der Waals surface area contributed by atoms with Gasteiger partial charge in [-0.1, -0.05) is 59.3 Å². The number of carboxylic acids is 2. The van der Waals surface area contributed by atoms with Gasteiger partial charge in [0.2, 0.25) is 5.91 Å². The van der Waals surface area contributed by atoms with Gasteiger partial charge in [-0.05, 0) is 67.7 Å². The van der Waals surface area contributed by atoms with E-state index in [0.717, 1.165) is 38.5 Å². The number of unbranched alkanes of at least 4 members (excludes halogenated alkanes) is 1. The quantitative estimate of drug-likeness (QED) is 0.168. The highest BCUT2D eigenvalue weighted by atomic mass is 32.2. The van der Waals surface area contributed by atoms with Crippen molar-refractivity contribution >= 4 is 28.1 Å². The Morgan fingerprint density at radius 3 is 2.00 bits per heavy atom. The normalized spacial score (nSPS) is 27.0. The second kappa shape index (κ2) is 14.7. The van der Waals surface area contributed by atoms with Crippen LogP contribution in [-0.4, -0.2) is 67.3 Å². The number of halogens is 3. The first-order chi connectivity index (χ1) is 19.3. The lowest BCUT2D eigenvalue weighted by Gasteiger charge is -2.40. The summed E-state index contributed by atoms with van der Waals surface area (Å²) in [7, 11) is -4.21. The molecule has 3 aliphatic rings. The zero-order chi connectivity index (χ0) is 31.9. The third-order valence-corrected chi connectivity index (χ3v) is 11.0. The van der Waals surface area contributed by atoms with Crippen molar-refractivity contribution < 1.29 is 46.2 Å². The van der Waals surface area contributed by atoms with E-state index in [0.29, 0.717) is 31.7 Å². The maximum absolute atomic E-state index is 13.5. The van der Waals surface area contributed by atoms with Crippen LogP contribution in [0.4, 0.5) is 13.2 Å². The number of fused-ring (bicyclic) bond motifs is 2. The number of carboxylic acid groups (broad SMARTS) is 2. The van der Waals surface area contributed by atoms with E-state index >= 15 is 0 Å². The minimum absolute atomic E-state index is 0.0121. The van der Waals surface area contributed by atoms with E-state index in [-0.39, 0.29) is 35.1 Å². The number of carbonyl (C=O) groups is 3. The van der Waals surface area contributed by atoms with Crippen molar-refractivity contribution in [2.45, 2.75) is 122 Å². The van der Waals surface area contributed by atoms with E-state index < -0.39 is 40.4 Å². The molecule has 15 heteroatoms. The molecule has 0 saturated heterocycles. The number of nitrogens with one attached hydrogen (secondary N) is 3. The molecule has 0 aromatic carbocycles. The predicted octanol–water partition coefficient (Wildman–Crippen LogP) is 3.30. The highest BCUT2D eigenvalue weighted by Gasteiger charge is 2.61. The Balaban J connectivity index is 0.000000782.